The molecule has 0 radical (unpaired) electrons. The predicted octanol–water partition coefficient (Wildman–Crippen LogP) is 2.33. The first-order valence-corrected chi connectivity index (χ1v) is 7.54. The Bertz CT molecular complexity index is 220. The van der Waals surface area contributed by atoms with Crippen LogP contribution in [0.3, 0.4) is 0 Å². The summed E-state index contributed by atoms with van der Waals surface area (Å²) in [5.74, 6) is 0. The standard InChI is InChI=1S/C10H22NO2P/c1-2-3-4-7-14(12,13)10-6-5-9(11)8-10/h9-10H,2-8,11H2,1H3,(H,12,13). The summed E-state index contributed by atoms with van der Waals surface area (Å²) in [6.07, 6.45) is 6.06. The van der Waals surface area contributed by atoms with Crippen LogP contribution in [0.4, 0.5) is 0 Å². The smallest absolute Gasteiger partial charge is 0.203 e. The van der Waals surface area contributed by atoms with E-state index in [1.807, 2.05) is 0 Å². The molecular weight excluding hydrogens is 197 g/mol. The molecule has 0 aromatic rings. The van der Waals surface area contributed by atoms with Crippen LogP contribution < -0.4 is 5.73 Å². The Hall–Kier alpha value is 0.150. The van der Waals surface area contributed by atoms with Crippen molar-refractivity contribution in [1.82, 2.24) is 0 Å². The third-order valence-electron chi connectivity index (χ3n) is 3.10. The van der Waals surface area contributed by atoms with Gasteiger partial charge in [-0.05, 0) is 25.7 Å². The molecule has 0 aliphatic heterocycles. The van der Waals surface area contributed by atoms with Gasteiger partial charge in [0.05, 0.1) is 0 Å². The van der Waals surface area contributed by atoms with E-state index in [9.17, 15) is 9.46 Å². The monoisotopic (exact) mass is 219 g/mol. The first-order chi connectivity index (χ1) is 6.56. The predicted molar refractivity (Wildman–Crippen MR) is 59.8 cm³/mol. The van der Waals surface area contributed by atoms with Gasteiger partial charge in [0.25, 0.3) is 0 Å². The van der Waals surface area contributed by atoms with Gasteiger partial charge in [-0.1, -0.05) is 19.8 Å². The van der Waals surface area contributed by atoms with Gasteiger partial charge >= 0.3 is 0 Å². The van der Waals surface area contributed by atoms with Crippen LogP contribution in [0.1, 0.15) is 45.4 Å². The zero-order valence-corrected chi connectivity index (χ0v) is 9.88. The van der Waals surface area contributed by atoms with Crippen LogP contribution in [0.2, 0.25) is 0 Å². The van der Waals surface area contributed by atoms with Gasteiger partial charge in [0.15, 0.2) is 0 Å². The highest BCUT2D eigenvalue weighted by Gasteiger charge is 2.35. The zero-order chi connectivity index (χ0) is 10.6. The first-order valence-electron chi connectivity index (χ1n) is 5.63. The van der Waals surface area contributed by atoms with Gasteiger partial charge in [0.1, 0.15) is 0 Å². The summed E-state index contributed by atoms with van der Waals surface area (Å²) in [6, 6.07) is 0.159. The van der Waals surface area contributed by atoms with Crippen LogP contribution in [0.25, 0.3) is 0 Å². The Kier molecular flexibility index (Phi) is 4.62. The third kappa shape index (κ3) is 3.38. The molecule has 3 N–H and O–H groups in total. The van der Waals surface area contributed by atoms with Crippen molar-refractivity contribution < 1.29 is 9.46 Å². The number of unbranched alkanes of at least 4 members (excludes halogenated alkanes) is 2. The van der Waals surface area contributed by atoms with Crippen molar-refractivity contribution in [2.24, 2.45) is 5.73 Å². The topological polar surface area (TPSA) is 63.3 Å². The number of hydrogen-bond donors (Lipinski definition) is 2. The summed E-state index contributed by atoms with van der Waals surface area (Å²) >= 11 is 0. The molecule has 0 spiro atoms. The Morgan fingerprint density at radius 1 is 1.43 bits per heavy atom. The van der Waals surface area contributed by atoms with Crippen molar-refractivity contribution in [3.8, 4) is 0 Å². The molecule has 3 atom stereocenters. The van der Waals surface area contributed by atoms with E-state index in [0.717, 1.165) is 38.5 Å². The second-order valence-corrected chi connectivity index (χ2v) is 7.10. The molecule has 4 heteroatoms. The Morgan fingerprint density at radius 3 is 2.64 bits per heavy atom. The van der Waals surface area contributed by atoms with Gasteiger partial charge in [-0.25, -0.2) is 0 Å². The lowest BCUT2D eigenvalue weighted by molar-refractivity contribution is 0.458. The Labute approximate surface area is 86.5 Å². The van der Waals surface area contributed by atoms with E-state index in [1.165, 1.54) is 0 Å². The Morgan fingerprint density at radius 2 is 2.14 bits per heavy atom. The van der Waals surface area contributed by atoms with Crippen LogP contribution in [-0.4, -0.2) is 22.8 Å². The molecule has 3 unspecified atom stereocenters. The largest absolute Gasteiger partial charge is 0.344 e. The van der Waals surface area contributed by atoms with Gasteiger partial charge in [0, 0.05) is 17.9 Å². The average molecular weight is 219 g/mol. The molecule has 3 nitrogen and oxygen atoms in total. The Balaban J connectivity index is 2.36. The highest BCUT2D eigenvalue weighted by Crippen LogP contribution is 2.53. The minimum atomic E-state index is -2.89. The van der Waals surface area contributed by atoms with Gasteiger partial charge < -0.3 is 10.6 Å². The minimum absolute atomic E-state index is 0.00523. The maximum Gasteiger partial charge on any atom is 0.203 e. The lowest BCUT2D eigenvalue weighted by atomic mass is 10.3. The van der Waals surface area contributed by atoms with Crippen molar-refractivity contribution in [1.29, 1.82) is 0 Å². The van der Waals surface area contributed by atoms with Gasteiger partial charge in [-0.15, -0.1) is 0 Å². The van der Waals surface area contributed by atoms with Crippen LogP contribution in [0.5, 0.6) is 0 Å². The molecule has 1 aliphatic rings. The maximum atomic E-state index is 11.9. The number of hydrogen-bond acceptors (Lipinski definition) is 2. The molecule has 0 amide bonds. The van der Waals surface area contributed by atoms with Crippen molar-refractivity contribution in [2.45, 2.75) is 57.1 Å². The van der Waals surface area contributed by atoms with Crippen molar-refractivity contribution >= 4 is 7.37 Å². The van der Waals surface area contributed by atoms with Gasteiger partial charge in [0.2, 0.25) is 7.37 Å². The minimum Gasteiger partial charge on any atom is -0.344 e. The van der Waals surface area contributed by atoms with E-state index in [1.54, 1.807) is 0 Å². The summed E-state index contributed by atoms with van der Waals surface area (Å²) in [4.78, 5) is 9.86. The highest BCUT2D eigenvalue weighted by molar-refractivity contribution is 7.58. The molecule has 0 saturated heterocycles. The third-order valence-corrected chi connectivity index (χ3v) is 5.67. The fraction of sp³-hybridized carbons (Fsp3) is 1.00. The van der Waals surface area contributed by atoms with Gasteiger partial charge in [-0.3, -0.25) is 4.57 Å². The van der Waals surface area contributed by atoms with Crippen LogP contribution in [0.15, 0.2) is 0 Å². The second-order valence-electron chi connectivity index (χ2n) is 4.41. The fourth-order valence-electron chi connectivity index (χ4n) is 2.13. The van der Waals surface area contributed by atoms with Crippen molar-refractivity contribution in [3.05, 3.63) is 0 Å². The van der Waals surface area contributed by atoms with E-state index >= 15 is 0 Å². The molecule has 0 aromatic carbocycles. The lowest BCUT2D eigenvalue weighted by Crippen LogP contribution is -2.16. The summed E-state index contributed by atoms with van der Waals surface area (Å²) in [5.41, 5.74) is 5.74. The zero-order valence-electron chi connectivity index (χ0n) is 8.98. The quantitative estimate of drug-likeness (QED) is 0.551. The lowest BCUT2D eigenvalue weighted by Gasteiger charge is -2.18. The second kappa shape index (κ2) is 5.29. The molecule has 0 heterocycles. The van der Waals surface area contributed by atoms with E-state index in [-0.39, 0.29) is 11.7 Å². The molecule has 0 aromatic heterocycles. The van der Waals surface area contributed by atoms with Gasteiger partial charge in [-0.2, -0.15) is 0 Å². The van der Waals surface area contributed by atoms with E-state index < -0.39 is 7.37 Å². The summed E-state index contributed by atoms with van der Waals surface area (Å²) in [6.45, 7) is 2.10. The SMILES string of the molecule is CCCCCP(=O)(O)C1CCC(N)C1. The molecular formula is C10H22NO2P. The van der Waals surface area contributed by atoms with Crippen LogP contribution in [-0.2, 0) is 4.57 Å². The molecule has 1 aliphatic carbocycles. The van der Waals surface area contributed by atoms with E-state index in [4.69, 9.17) is 5.73 Å². The van der Waals surface area contributed by atoms with E-state index in [0.29, 0.717) is 6.16 Å². The molecule has 1 saturated carbocycles. The number of rotatable bonds is 5. The summed E-state index contributed by atoms with van der Waals surface area (Å²) in [7, 11) is -2.89. The van der Waals surface area contributed by atoms with Crippen molar-refractivity contribution in [2.75, 3.05) is 6.16 Å². The summed E-state index contributed by atoms with van der Waals surface area (Å²) in [5, 5.41) is 0. The molecule has 14 heavy (non-hydrogen) atoms. The normalized spacial score (nSPS) is 31.6. The highest BCUT2D eigenvalue weighted by atomic mass is 31.2. The van der Waals surface area contributed by atoms with E-state index in [2.05, 4.69) is 6.92 Å². The van der Waals surface area contributed by atoms with Crippen LogP contribution >= 0.6 is 7.37 Å². The average Bonchev–Trinajstić information content (AvgIpc) is 2.53. The molecule has 1 fully saturated rings. The van der Waals surface area contributed by atoms with Crippen molar-refractivity contribution in [3.63, 3.8) is 0 Å². The number of nitrogens with two attached hydrogens (primary N) is 1. The molecule has 0 bridgehead atoms. The summed E-state index contributed by atoms with van der Waals surface area (Å²) < 4.78 is 11.9. The first kappa shape index (κ1) is 12.2. The molecule has 84 valence electrons. The van der Waals surface area contributed by atoms with Crippen LogP contribution in [0, 0.1) is 0 Å². The maximum absolute atomic E-state index is 11.9. The molecule has 1 rings (SSSR count). The fourth-order valence-corrected chi connectivity index (χ4v) is 4.32.